The van der Waals surface area contributed by atoms with Crippen LogP contribution in [-0.4, -0.2) is 36.5 Å². The number of rotatable bonds is 2. The Hall–Kier alpha value is -0.620. The summed E-state index contributed by atoms with van der Waals surface area (Å²) in [6, 6.07) is 8.55. The maximum absolute atomic E-state index is 12.1. The smallest absolute Gasteiger partial charge is 0.227 e. The van der Waals surface area contributed by atoms with Crippen LogP contribution in [0.2, 0.25) is 0 Å². The van der Waals surface area contributed by atoms with E-state index in [1.165, 1.54) is 3.57 Å². The number of carbonyl (C=O) groups excluding carboxylic acids is 1. The molecule has 0 saturated carbocycles. The predicted octanol–water partition coefficient (Wildman–Crippen LogP) is 1.65. The van der Waals surface area contributed by atoms with Gasteiger partial charge < -0.3 is 10.2 Å². The SMILES string of the molecule is CC1CN(C(=O)Cc2cccc(I)c2)CCN1. The van der Waals surface area contributed by atoms with Crippen molar-refractivity contribution in [1.29, 1.82) is 0 Å². The second-order valence-corrected chi connectivity index (χ2v) is 5.75. The van der Waals surface area contributed by atoms with Crippen molar-refractivity contribution in [3.05, 3.63) is 33.4 Å². The molecule has 1 aromatic rings. The van der Waals surface area contributed by atoms with E-state index in [1.807, 2.05) is 23.1 Å². The molecule has 0 aromatic heterocycles. The first-order chi connectivity index (χ1) is 8.15. The summed E-state index contributed by atoms with van der Waals surface area (Å²) in [4.78, 5) is 14.1. The van der Waals surface area contributed by atoms with Crippen LogP contribution in [0.3, 0.4) is 0 Å². The van der Waals surface area contributed by atoms with Crippen LogP contribution in [-0.2, 0) is 11.2 Å². The van der Waals surface area contributed by atoms with Crippen LogP contribution in [0, 0.1) is 3.57 Å². The average Bonchev–Trinajstić information content (AvgIpc) is 2.29. The van der Waals surface area contributed by atoms with E-state index in [1.54, 1.807) is 0 Å². The fourth-order valence-corrected chi connectivity index (χ4v) is 2.70. The normalized spacial score (nSPS) is 20.4. The van der Waals surface area contributed by atoms with E-state index < -0.39 is 0 Å². The molecule has 0 radical (unpaired) electrons. The van der Waals surface area contributed by atoms with Crippen LogP contribution in [0.4, 0.5) is 0 Å². The molecule has 1 N–H and O–H groups in total. The molecule has 1 aliphatic rings. The van der Waals surface area contributed by atoms with E-state index in [2.05, 4.69) is 40.9 Å². The minimum Gasteiger partial charge on any atom is -0.340 e. The maximum Gasteiger partial charge on any atom is 0.227 e. The van der Waals surface area contributed by atoms with Crippen molar-refractivity contribution in [3.63, 3.8) is 0 Å². The molecule has 0 spiro atoms. The van der Waals surface area contributed by atoms with Crippen molar-refractivity contribution < 1.29 is 4.79 Å². The van der Waals surface area contributed by atoms with E-state index >= 15 is 0 Å². The third kappa shape index (κ3) is 3.67. The van der Waals surface area contributed by atoms with Gasteiger partial charge in [0.1, 0.15) is 0 Å². The number of halogens is 1. The Labute approximate surface area is 116 Å². The highest BCUT2D eigenvalue weighted by Gasteiger charge is 2.20. The standard InChI is InChI=1S/C13H17IN2O/c1-10-9-16(6-5-15-10)13(17)8-11-3-2-4-12(14)7-11/h2-4,7,10,15H,5-6,8-9H2,1H3. The zero-order valence-electron chi connectivity index (χ0n) is 9.95. The quantitative estimate of drug-likeness (QED) is 0.828. The summed E-state index contributed by atoms with van der Waals surface area (Å²) >= 11 is 2.28. The first-order valence-electron chi connectivity index (χ1n) is 5.91. The molecule has 1 aliphatic heterocycles. The summed E-state index contributed by atoms with van der Waals surface area (Å²) in [5.74, 6) is 0.236. The number of nitrogens with one attached hydrogen (secondary N) is 1. The highest BCUT2D eigenvalue weighted by Crippen LogP contribution is 2.10. The molecule has 3 nitrogen and oxygen atoms in total. The molecule has 1 saturated heterocycles. The van der Waals surface area contributed by atoms with Crippen molar-refractivity contribution in [2.24, 2.45) is 0 Å². The summed E-state index contributed by atoms with van der Waals surface area (Å²) in [5, 5.41) is 3.34. The Morgan fingerprint density at radius 3 is 3.12 bits per heavy atom. The van der Waals surface area contributed by atoms with Gasteiger partial charge in [-0.05, 0) is 47.2 Å². The van der Waals surface area contributed by atoms with Crippen LogP contribution in [0.15, 0.2) is 24.3 Å². The summed E-state index contributed by atoms with van der Waals surface area (Å²) < 4.78 is 1.18. The van der Waals surface area contributed by atoms with Crippen molar-refractivity contribution in [3.8, 4) is 0 Å². The molecule has 17 heavy (non-hydrogen) atoms. The van der Waals surface area contributed by atoms with Gasteiger partial charge in [-0.2, -0.15) is 0 Å². The van der Waals surface area contributed by atoms with Crippen LogP contribution < -0.4 is 5.32 Å². The lowest BCUT2D eigenvalue weighted by molar-refractivity contribution is -0.131. The van der Waals surface area contributed by atoms with Crippen molar-refractivity contribution in [1.82, 2.24) is 10.2 Å². The van der Waals surface area contributed by atoms with E-state index in [0.29, 0.717) is 12.5 Å². The molecule has 1 amide bonds. The molecule has 92 valence electrons. The van der Waals surface area contributed by atoms with Gasteiger partial charge in [-0.15, -0.1) is 0 Å². The van der Waals surface area contributed by atoms with E-state index in [4.69, 9.17) is 0 Å². The first kappa shape index (κ1) is 12.8. The van der Waals surface area contributed by atoms with Crippen LogP contribution in [0.1, 0.15) is 12.5 Å². The van der Waals surface area contributed by atoms with Gasteiger partial charge in [-0.3, -0.25) is 4.79 Å². The fourth-order valence-electron chi connectivity index (χ4n) is 2.09. The zero-order valence-corrected chi connectivity index (χ0v) is 12.1. The van der Waals surface area contributed by atoms with Gasteiger partial charge in [0.2, 0.25) is 5.91 Å². The Balaban J connectivity index is 1.96. The highest BCUT2D eigenvalue weighted by atomic mass is 127. The number of nitrogens with zero attached hydrogens (tertiary/aromatic N) is 1. The summed E-state index contributed by atoms with van der Waals surface area (Å²) in [6.07, 6.45) is 0.517. The van der Waals surface area contributed by atoms with Gasteiger partial charge in [0.25, 0.3) is 0 Å². The molecule has 2 rings (SSSR count). The number of amides is 1. The van der Waals surface area contributed by atoms with Gasteiger partial charge in [0, 0.05) is 29.2 Å². The predicted molar refractivity (Wildman–Crippen MR) is 76.9 cm³/mol. The molecule has 1 fully saturated rings. The van der Waals surface area contributed by atoms with E-state index in [0.717, 1.165) is 25.2 Å². The second-order valence-electron chi connectivity index (χ2n) is 4.50. The minimum absolute atomic E-state index is 0.236. The summed E-state index contributed by atoms with van der Waals surface area (Å²) in [6.45, 7) is 4.67. The van der Waals surface area contributed by atoms with Crippen molar-refractivity contribution in [2.45, 2.75) is 19.4 Å². The Morgan fingerprint density at radius 2 is 2.41 bits per heavy atom. The number of carbonyl (C=O) groups is 1. The van der Waals surface area contributed by atoms with Gasteiger partial charge >= 0.3 is 0 Å². The average molecular weight is 344 g/mol. The Kier molecular flexibility index (Phi) is 4.39. The highest BCUT2D eigenvalue weighted by molar-refractivity contribution is 14.1. The topological polar surface area (TPSA) is 32.3 Å². The first-order valence-corrected chi connectivity index (χ1v) is 6.98. The fraction of sp³-hybridized carbons (Fsp3) is 0.462. The largest absolute Gasteiger partial charge is 0.340 e. The van der Waals surface area contributed by atoms with Crippen LogP contribution in [0.25, 0.3) is 0 Å². The molecule has 1 aromatic carbocycles. The zero-order chi connectivity index (χ0) is 12.3. The van der Waals surface area contributed by atoms with E-state index in [9.17, 15) is 4.79 Å². The molecular weight excluding hydrogens is 327 g/mol. The molecule has 0 bridgehead atoms. The van der Waals surface area contributed by atoms with Gasteiger partial charge in [-0.1, -0.05) is 12.1 Å². The lowest BCUT2D eigenvalue weighted by atomic mass is 10.1. The third-order valence-electron chi connectivity index (χ3n) is 2.97. The molecule has 1 unspecified atom stereocenters. The lowest BCUT2D eigenvalue weighted by Gasteiger charge is -2.32. The van der Waals surface area contributed by atoms with Gasteiger partial charge in [-0.25, -0.2) is 0 Å². The minimum atomic E-state index is 0.236. The lowest BCUT2D eigenvalue weighted by Crippen LogP contribution is -2.51. The van der Waals surface area contributed by atoms with Crippen LogP contribution >= 0.6 is 22.6 Å². The van der Waals surface area contributed by atoms with Crippen molar-refractivity contribution in [2.75, 3.05) is 19.6 Å². The van der Waals surface area contributed by atoms with E-state index in [-0.39, 0.29) is 5.91 Å². The summed E-state index contributed by atoms with van der Waals surface area (Å²) in [7, 11) is 0. The summed E-state index contributed by atoms with van der Waals surface area (Å²) in [5.41, 5.74) is 1.10. The van der Waals surface area contributed by atoms with Crippen LogP contribution in [0.5, 0.6) is 0 Å². The molecule has 4 heteroatoms. The second kappa shape index (κ2) is 5.82. The maximum atomic E-state index is 12.1. The monoisotopic (exact) mass is 344 g/mol. The third-order valence-corrected chi connectivity index (χ3v) is 3.64. The molecular formula is C13H17IN2O. The molecule has 1 atom stereocenters. The Morgan fingerprint density at radius 1 is 1.59 bits per heavy atom. The number of hydrogen-bond acceptors (Lipinski definition) is 2. The van der Waals surface area contributed by atoms with Crippen molar-refractivity contribution >= 4 is 28.5 Å². The number of benzene rings is 1. The number of hydrogen-bond donors (Lipinski definition) is 1. The number of piperazine rings is 1. The Bertz CT molecular complexity index is 408. The van der Waals surface area contributed by atoms with Gasteiger partial charge in [0.15, 0.2) is 0 Å². The molecule has 1 heterocycles. The van der Waals surface area contributed by atoms with Gasteiger partial charge in [0.05, 0.1) is 6.42 Å². The molecule has 0 aliphatic carbocycles.